The van der Waals surface area contributed by atoms with Crippen LogP contribution in [0.5, 0.6) is 5.75 Å². The quantitative estimate of drug-likeness (QED) is 0.162. The molecule has 0 aromatic heterocycles. The first kappa shape index (κ1) is 28.1. The van der Waals surface area contributed by atoms with Gasteiger partial charge in [-0.1, -0.05) is 91.0 Å². The molecule has 1 aliphatic heterocycles. The van der Waals surface area contributed by atoms with E-state index in [0.29, 0.717) is 5.56 Å². The number of nitrogens with zero attached hydrogens (tertiary/aromatic N) is 1. The third kappa shape index (κ3) is 4.99. The number of carbonyl (C=O) groups excluding carboxylic acids is 2. The maximum atomic E-state index is 13.8. The number of phenolic OH excluding ortho intramolecular Hbond substituents is 1. The zero-order valence-corrected chi connectivity index (χ0v) is 23.3. The second-order valence-corrected chi connectivity index (χ2v) is 13.3. The predicted octanol–water partition coefficient (Wildman–Crippen LogP) is 3.38. The lowest BCUT2D eigenvalue weighted by molar-refractivity contribution is -0.156. The minimum absolute atomic E-state index is 0.00789. The van der Waals surface area contributed by atoms with Crippen LogP contribution in [-0.4, -0.2) is 55.4 Å². The normalized spacial score (nSPS) is 17.4. The van der Waals surface area contributed by atoms with Gasteiger partial charge in [0.1, 0.15) is 11.2 Å². The second-order valence-electron chi connectivity index (χ2n) is 10.0. The minimum Gasteiger partial charge on any atom is -0.508 e. The van der Waals surface area contributed by atoms with Gasteiger partial charge in [0.15, 0.2) is 5.78 Å². The Morgan fingerprint density at radius 1 is 0.780 bits per heavy atom. The monoisotopic (exact) mass is 567 g/mol. The third-order valence-electron chi connectivity index (χ3n) is 7.54. The summed E-state index contributed by atoms with van der Waals surface area (Å²) < 4.78 is 0. The van der Waals surface area contributed by atoms with Gasteiger partial charge in [-0.15, -0.1) is 0 Å². The standard InChI is InChI=1S/C33H30NO6P/c1-22(35)30-28(21-29(37)23-17-19-24(36)20-18-23)34(31(30)38)32(33(39)40)41(25-11-5-2-6-12-25,26-13-7-3-8-14-26)27-15-9-4-10-16-27/h2-20,22,28,30,35-36H,21H2,1H3,(H,39,40)/t22-,28-,30-/m1/s1. The van der Waals surface area contributed by atoms with Crippen LogP contribution in [0.4, 0.5) is 0 Å². The van der Waals surface area contributed by atoms with E-state index < -0.39 is 36.8 Å². The fraction of sp³-hybridized carbons (Fsp3) is 0.152. The van der Waals surface area contributed by atoms with Gasteiger partial charge >= 0.3 is 5.97 Å². The molecule has 4 aromatic carbocycles. The molecule has 41 heavy (non-hydrogen) atoms. The van der Waals surface area contributed by atoms with Crippen LogP contribution in [0.15, 0.2) is 115 Å². The van der Waals surface area contributed by atoms with E-state index in [1.165, 1.54) is 36.1 Å². The molecular weight excluding hydrogens is 537 g/mol. The smallest absolute Gasteiger partial charge is 0.353 e. The molecule has 0 radical (unpaired) electrons. The first-order valence-corrected chi connectivity index (χ1v) is 15.1. The van der Waals surface area contributed by atoms with Gasteiger partial charge < -0.3 is 20.2 Å². The molecule has 1 heterocycles. The van der Waals surface area contributed by atoms with Crippen LogP contribution in [0.1, 0.15) is 23.7 Å². The summed E-state index contributed by atoms with van der Waals surface area (Å²) in [5, 5.41) is 33.5. The molecule has 3 N–H and O–H groups in total. The van der Waals surface area contributed by atoms with E-state index in [9.17, 15) is 29.7 Å². The molecule has 1 amide bonds. The number of likely N-dealkylation sites (tertiary alicyclic amines) is 1. The number of benzene rings is 4. The van der Waals surface area contributed by atoms with Crippen LogP contribution < -0.4 is 15.9 Å². The lowest BCUT2D eigenvalue weighted by Crippen LogP contribution is -2.68. The molecular formula is C33H30NO6P. The molecule has 1 saturated heterocycles. The van der Waals surface area contributed by atoms with E-state index in [1.54, 1.807) is 0 Å². The molecule has 0 aliphatic carbocycles. The molecule has 0 saturated carbocycles. The van der Waals surface area contributed by atoms with Gasteiger partial charge in [-0.2, -0.15) is 0 Å². The van der Waals surface area contributed by atoms with E-state index in [4.69, 9.17) is 0 Å². The van der Waals surface area contributed by atoms with Crippen LogP contribution in [0.25, 0.3) is 0 Å². The summed E-state index contributed by atoms with van der Waals surface area (Å²) in [6, 6.07) is 32.8. The number of aliphatic carboxylic acids is 1. The van der Waals surface area contributed by atoms with Crippen molar-refractivity contribution in [3.05, 3.63) is 121 Å². The molecule has 8 heteroatoms. The molecule has 208 valence electrons. The first-order chi connectivity index (χ1) is 19.8. The number of β-lactam (4-membered cyclic amide) rings is 1. The number of ketones is 1. The van der Waals surface area contributed by atoms with E-state index in [0.717, 1.165) is 15.9 Å². The number of aromatic hydroxyl groups is 1. The van der Waals surface area contributed by atoms with Crippen molar-refractivity contribution in [2.75, 3.05) is 0 Å². The maximum Gasteiger partial charge on any atom is 0.353 e. The minimum atomic E-state index is -3.20. The van der Waals surface area contributed by atoms with Gasteiger partial charge in [0, 0.05) is 18.9 Å². The van der Waals surface area contributed by atoms with Crippen molar-refractivity contribution in [3.63, 3.8) is 0 Å². The van der Waals surface area contributed by atoms with Crippen LogP contribution in [-0.2, 0) is 9.59 Å². The summed E-state index contributed by atoms with van der Waals surface area (Å²) in [4.78, 5) is 41.9. The molecule has 4 aromatic rings. The summed E-state index contributed by atoms with van der Waals surface area (Å²) in [5.74, 6) is -3.07. The summed E-state index contributed by atoms with van der Waals surface area (Å²) in [5.41, 5.74) is 0.213. The second kappa shape index (κ2) is 11.6. The Morgan fingerprint density at radius 3 is 1.61 bits per heavy atom. The average molecular weight is 568 g/mol. The van der Waals surface area contributed by atoms with E-state index in [2.05, 4.69) is 0 Å². The van der Waals surface area contributed by atoms with E-state index in [1.807, 2.05) is 91.0 Å². The predicted molar refractivity (Wildman–Crippen MR) is 161 cm³/mol. The maximum absolute atomic E-state index is 13.8. The molecule has 0 unspecified atom stereocenters. The SMILES string of the molecule is C[C@@H](O)[C@H]1C(=O)N(C(C(=O)O)=P(c2ccccc2)(c2ccccc2)c2ccccc2)[C@@H]1CC(=O)c1ccc(O)cc1. The zero-order valence-electron chi connectivity index (χ0n) is 22.4. The van der Waals surface area contributed by atoms with Crippen molar-refractivity contribution in [3.8, 4) is 5.75 Å². The highest BCUT2D eigenvalue weighted by atomic mass is 31.2. The van der Waals surface area contributed by atoms with Crippen molar-refractivity contribution in [2.45, 2.75) is 25.5 Å². The lowest BCUT2D eigenvalue weighted by atomic mass is 9.79. The largest absolute Gasteiger partial charge is 0.508 e. The van der Waals surface area contributed by atoms with Crippen LogP contribution in [0.2, 0.25) is 0 Å². The number of aliphatic hydroxyl groups is 1. The Kier molecular flexibility index (Phi) is 7.93. The van der Waals surface area contributed by atoms with Gasteiger partial charge in [-0.25, -0.2) is 4.79 Å². The molecule has 1 fully saturated rings. The highest BCUT2D eigenvalue weighted by Gasteiger charge is 2.55. The number of carbonyl (C=O) groups is 3. The van der Waals surface area contributed by atoms with E-state index >= 15 is 0 Å². The Bertz CT molecular complexity index is 1520. The zero-order chi connectivity index (χ0) is 29.1. The molecule has 0 spiro atoms. The van der Waals surface area contributed by atoms with Crippen molar-refractivity contribution in [1.82, 2.24) is 4.90 Å². The number of amides is 1. The Labute approximate surface area is 238 Å². The van der Waals surface area contributed by atoms with Crippen molar-refractivity contribution in [1.29, 1.82) is 0 Å². The summed E-state index contributed by atoms with van der Waals surface area (Å²) in [6.45, 7) is -1.72. The number of Topliss-reactive ketones (excluding diaryl/α,β-unsaturated/α-hetero) is 1. The highest BCUT2D eigenvalue weighted by Crippen LogP contribution is 2.49. The van der Waals surface area contributed by atoms with Gasteiger partial charge in [-0.3, -0.25) is 9.59 Å². The molecule has 1 aliphatic rings. The Balaban J connectivity index is 1.82. The first-order valence-electron chi connectivity index (χ1n) is 13.3. The number of hydrogen-bond acceptors (Lipinski definition) is 5. The molecule has 7 nitrogen and oxygen atoms in total. The third-order valence-corrected chi connectivity index (χ3v) is 11.8. The topological polar surface area (TPSA) is 115 Å². The lowest BCUT2D eigenvalue weighted by Gasteiger charge is -2.50. The Morgan fingerprint density at radius 2 is 1.22 bits per heavy atom. The molecule has 3 atom stereocenters. The van der Waals surface area contributed by atoms with Gasteiger partial charge in [-0.05, 0) is 47.1 Å². The fourth-order valence-corrected chi connectivity index (χ4v) is 10.0. The van der Waals surface area contributed by atoms with E-state index in [-0.39, 0.29) is 23.4 Å². The van der Waals surface area contributed by atoms with Gasteiger partial charge in [0.05, 0.1) is 18.1 Å². The highest BCUT2D eigenvalue weighted by molar-refractivity contribution is 7.96. The summed E-state index contributed by atoms with van der Waals surface area (Å²) >= 11 is 0. The van der Waals surface area contributed by atoms with Crippen molar-refractivity contribution >= 4 is 45.9 Å². The number of rotatable bonds is 9. The van der Waals surface area contributed by atoms with Crippen LogP contribution in [0, 0.1) is 5.92 Å². The molecule has 5 rings (SSSR count). The van der Waals surface area contributed by atoms with Crippen molar-refractivity contribution < 1.29 is 29.7 Å². The molecule has 0 bridgehead atoms. The van der Waals surface area contributed by atoms with Crippen molar-refractivity contribution in [2.24, 2.45) is 5.92 Å². The van der Waals surface area contributed by atoms with Crippen LogP contribution in [0.3, 0.4) is 0 Å². The number of aliphatic hydroxyl groups excluding tert-OH is 1. The number of carboxylic acids is 1. The van der Waals surface area contributed by atoms with Gasteiger partial charge in [0.2, 0.25) is 5.91 Å². The number of phenols is 1. The number of carboxylic acid groups (broad SMARTS) is 1. The van der Waals surface area contributed by atoms with Gasteiger partial charge in [0.25, 0.3) is 0 Å². The van der Waals surface area contributed by atoms with Crippen LogP contribution >= 0.6 is 6.89 Å². The fourth-order valence-electron chi connectivity index (χ4n) is 5.71. The number of hydrogen-bond donors (Lipinski definition) is 3. The average Bonchev–Trinajstić information content (AvgIpc) is 2.98. The summed E-state index contributed by atoms with van der Waals surface area (Å²) in [6.07, 6.45) is -1.29. The Hall–Kier alpha value is -4.45. The summed E-state index contributed by atoms with van der Waals surface area (Å²) in [7, 11) is 0.